The Labute approximate surface area is 212 Å². The van der Waals surface area contributed by atoms with Crippen molar-refractivity contribution in [3.8, 4) is 11.5 Å². The number of aromatic nitrogens is 2. The van der Waals surface area contributed by atoms with Crippen LogP contribution in [0.5, 0.6) is 11.5 Å². The van der Waals surface area contributed by atoms with Crippen molar-refractivity contribution in [2.24, 2.45) is 23.7 Å². The van der Waals surface area contributed by atoms with Gasteiger partial charge in [0.15, 0.2) is 0 Å². The van der Waals surface area contributed by atoms with E-state index in [4.69, 9.17) is 14.5 Å². The lowest BCUT2D eigenvalue weighted by Crippen LogP contribution is -2.34. The summed E-state index contributed by atoms with van der Waals surface area (Å²) in [6.45, 7) is 8.29. The Morgan fingerprint density at radius 1 is 1.22 bits per heavy atom. The Morgan fingerprint density at radius 3 is 2.72 bits per heavy atom. The number of phenolic OH excluding ortho intramolecular Hbond substituents is 1. The van der Waals surface area contributed by atoms with E-state index in [0.717, 1.165) is 41.8 Å². The number of H-pyrrole nitrogens is 1. The highest BCUT2D eigenvalue weighted by atomic mass is 16.5. The summed E-state index contributed by atoms with van der Waals surface area (Å²) in [5, 5.41) is 13.8. The second kappa shape index (κ2) is 11.2. The van der Waals surface area contributed by atoms with Crippen LogP contribution in [0.3, 0.4) is 0 Å². The van der Waals surface area contributed by atoms with Gasteiger partial charge in [0, 0.05) is 31.1 Å². The van der Waals surface area contributed by atoms with Crippen LogP contribution in [0.15, 0.2) is 48.0 Å². The first-order valence-corrected chi connectivity index (χ1v) is 12.6. The number of imidazole rings is 1. The number of fused-ring (bicyclic) bond motifs is 1. The van der Waals surface area contributed by atoms with Gasteiger partial charge in [-0.1, -0.05) is 31.6 Å². The number of methoxy groups -OCH3 is 2. The van der Waals surface area contributed by atoms with Crippen molar-refractivity contribution >= 4 is 17.0 Å². The van der Waals surface area contributed by atoms with E-state index >= 15 is 0 Å². The number of hydrogen-bond acceptors (Lipinski definition) is 6. The smallest absolute Gasteiger partial charge is 0.337 e. The normalized spacial score (nSPS) is 19.9. The zero-order valence-electron chi connectivity index (χ0n) is 21.8. The van der Waals surface area contributed by atoms with Gasteiger partial charge in [0.2, 0.25) is 0 Å². The molecule has 3 N–H and O–H groups in total. The number of allylic oxidation sites excluding steroid dienone is 1. The lowest BCUT2D eigenvalue weighted by Gasteiger charge is -2.37. The molecule has 0 aliphatic heterocycles. The summed E-state index contributed by atoms with van der Waals surface area (Å²) < 4.78 is 10.0. The van der Waals surface area contributed by atoms with E-state index in [1.54, 1.807) is 25.3 Å². The fourth-order valence-corrected chi connectivity index (χ4v) is 5.34. The number of nitrogens with zero attached hydrogens (tertiary/aromatic N) is 1. The van der Waals surface area contributed by atoms with Crippen LogP contribution in [0, 0.1) is 23.7 Å². The molecule has 0 spiro atoms. The van der Waals surface area contributed by atoms with E-state index in [0.29, 0.717) is 41.5 Å². The molecule has 36 heavy (non-hydrogen) atoms. The quantitative estimate of drug-likeness (QED) is 0.279. The molecular weight excluding hydrogens is 454 g/mol. The van der Waals surface area contributed by atoms with Crippen LogP contribution in [-0.4, -0.2) is 41.8 Å². The van der Waals surface area contributed by atoms with Crippen molar-refractivity contribution in [1.29, 1.82) is 0 Å². The van der Waals surface area contributed by atoms with Crippen molar-refractivity contribution in [2.45, 2.75) is 40.2 Å². The molecule has 1 heterocycles. The summed E-state index contributed by atoms with van der Waals surface area (Å²) in [5.41, 5.74) is 4.49. The molecule has 1 aliphatic carbocycles. The first-order valence-electron chi connectivity index (χ1n) is 12.6. The number of phenols is 1. The van der Waals surface area contributed by atoms with Crippen molar-refractivity contribution in [2.75, 3.05) is 20.8 Å². The summed E-state index contributed by atoms with van der Waals surface area (Å²) in [6.07, 6.45) is 4.37. The summed E-state index contributed by atoms with van der Waals surface area (Å²) in [7, 11) is 2.98. The Kier molecular flexibility index (Phi) is 7.99. The molecule has 192 valence electrons. The maximum absolute atomic E-state index is 11.9. The largest absolute Gasteiger partial charge is 0.507 e. The number of carbonyl (C=O) groups is 1. The highest BCUT2D eigenvalue weighted by Gasteiger charge is 2.32. The maximum Gasteiger partial charge on any atom is 0.337 e. The average Bonchev–Trinajstić information content (AvgIpc) is 3.27. The lowest BCUT2D eigenvalue weighted by molar-refractivity contribution is 0.0601. The van der Waals surface area contributed by atoms with Crippen LogP contribution in [0.25, 0.3) is 11.0 Å². The van der Waals surface area contributed by atoms with Crippen LogP contribution in [0.2, 0.25) is 0 Å². The first kappa shape index (κ1) is 25.8. The number of nitrogens with one attached hydrogen (secondary N) is 2. The second-order valence-electron chi connectivity index (χ2n) is 10.2. The number of rotatable bonds is 9. The van der Waals surface area contributed by atoms with Crippen molar-refractivity contribution in [3.05, 3.63) is 65.0 Å². The summed E-state index contributed by atoms with van der Waals surface area (Å²) in [5.74, 6) is 3.45. The van der Waals surface area contributed by atoms with Crippen LogP contribution < -0.4 is 10.1 Å². The molecule has 2 aromatic carbocycles. The highest BCUT2D eigenvalue weighted by Crippen LogP contribution is 2.38. The molecule has 0 bridgehead atoms. The van der Waals surface area contributed by atoms with Crippen LogP contribution in [0.1, 0.15) is 48.9 Å². The topological polar surface area (TPSA) is 96.5 Å². The number of carbonyl (C=O) groups excluding carboxylic acids is 1. The first-order chi connectivity index (χ1) is 17.3. The van der Waals surface area contributed by atoms with E-state index in [-0.39, 0.29) is 11.7 Å². The lowest BCUT2D eigenvalue weighted by atomic mass is 9.70. The Bertz CT molecular complexity index is 1250. The van der Waals surface area contributed by atoms with E-state index in [1.165, 1.54) is 12.7 Å². The summed E-state index contributed by atoms with van der Waals surface area (Å²) >= 11 is 0. The molecule has 0 fully saturated rings. The van der Waals surface area contributed by atoms with Gasteiger partial charge in [0.05, 0.1) is 30.8 Å². The SMILES string of the molecule is COC(=O)c1ccc2nc(C[C@@H]3C[C@@H](C(C)C)[C@H](CNCc4ccc(OC)cc4O)C=C3C)[nH]c2c1. The highest BCUT2D eigenvalue weighted by molar-refractivity contribution is 5.93. The third kappa shape index (κ3) is 5.73. The van der Waals surface area contributed by atoms with E-state index in [2.05, 4.69) is 37.1 Å². The van der Waals surface area contributed by atoms with Gasteiger partial charge in [-0.2, -0.15) is 0 Å². The molecule has 0 amide bonds. The Hall–Kier alpha value is -3.32. The number of esters is 1. The van der Waals surface area contributed by atoms with Gasteiger partial charge < -0.3 is 24.9 Å². The zero-order valence-corrected chi connectivity index (χ0v) is 21.8. The molecule has 4 rings (SSSR count). The fraction of sp³-hybridized carbons (Fsp3) is 0.448. The maximum atomic E-state index is 11.9. The predicted octanol–water partition coefficient (Wildman–Crippen LogP) is 5.25. The van der Waals surface area contributed by atoms with Gasteiger partial charge in [0.25, 0.3) is 0 Å². The Morgan fingerprint density at radius 2 is 2.03 bits per heavy atom. The zero-order chi connectivity index (χ0) is 25.8. The number of ether oxygens (including phenoxy) is 2. The van der Waals surface area contributed by atoms with Crippen molar-refractivity contribution in [1.82, 2.24) is 15.3 Å². The number of aromatic amines is 1. The number of benzene rings is 2. The third-order valence-corrected chi connectivity index (χ3v) is 7.46. The molecule has 7 nitrogen and oxygen atoms in total. The molecule has 0 unspecified atom stereocenters. The summed E-state index contributed by atoms with van der Waals surface area (Å²) in [4.78, 5) is 20.1. The standard InChI is InChI=1S/C29H37N3O4/c1-17(2)24-11-21(13-28-31-25-9-7-19(29(34)36-5)12-26(25)32-28)18(3)10-22(24)16-30-15-20-6-8-23(35-4)14-27(20)33/h6-10,12,14,17,21-22,24,30,33H,11,13,15-16H2,1-5H3,(H,31,32)/t21-,22-,24-/m0/s1. The molecule has 3 atom stereocenters. The molecule has 0 saturated heterocycles. The molecule has 3 aromatic rings. The minimum Gasteiger partial charge on any atom is -0.507 e. The third-order valence-electron chi connectivity index (χ3n) is 7.46. The van der Waals surface area contributed by atoms with Gasteiger partial charge in [0.1, 0.15) is 17.3 Å². The van der Waals surface area contributed by atoms with Gasteiger partial charge in [-0.3, -0.25) is 0 Å². The monoisotopic (exact) mass is 491 g/mol. The van der Waals surface area contributed by atoms with Gasteiger partial charge in [-0.05, 0) is 61.3 Å². The minimum atomic E-state index is -0.347. The summed E-state index contributed by atoms with van der Waals surface area (Å²) in [6, 6.07) is 10.8. The van der Waals surface area contributed by atoms with Gasteiger partial charge in [-0.25, -0.2) is 9.78 Å². The van der Waals surface area contributed by atoms with E-state index in [9.17, 15) is 9.90 Å². The molecule has 0 saturated carbocycles. The number of aromatic hydroxyl groups is 1. The molecule has 1 aliphatic rings. The van der Waals surface area contributed by atoms with Gasteiger partial charge >= 0.3 is 5.97 Å². The fourth-order valence-electron chi connectivity index (χ4n) is 5.34. The molecular formula is C29H37N3O4. The second-order valence-corrected chi connectivity index (χ2v) is 10.2. The Balaban J connectivity index is 1.43. The van der Waals surface area contributed by atoms with E-state index < -0.39 is 0 Å². The number of hydrogen-bond donors (Lipinski definition) is 3. The molecule has 1 aromatic heterocycles. The van der Waals surface area contributed by atoms with Crippen LogP contribution >= 0.6 is 0 Å². The predicted molar refractivity (Wildman–Crippen MR) is 141 cm³/mol. The van der Waals surface area contributed by atoms with Crippen molar-refractivity contribution in [3.63, 3.8) is 0 Å². The molecule has 0 radical (unpaired) electrons. The van der Waals surface area contributed by atoms with E-state index in [1.807, 2.05) is 18.2 Å². The van der Waals surface area contributed by atoms with Crippen LogP contribution in [0.4, 0.5) is 0 Å². The minimum absolute atomic E-state index is 0.252. The average molecular weight is 492 g/mol. The van der Waals surface area contributed by atoms with Crippen LogP contribution in [-0.2, 0) is 17.7 Å². The van der Waals surface area contributed by atoms with Gasteiger partial charge in [-0.15, -0.1) is 0 Å². The van der Waals surface area contributed by atoms with Crippen molar-refractivity contribution < 1.29 is 19.4 Å². The molecule has 7 heteroatoms.